The summed E-state index contributed by atoms with van der Waals surface area (Å²) < 4.78 is 27.7. The lowest BCUT2D eigenvalue weighted by Crippen LogP contribution is -2.49. The van der Waals surface area contributed by atoms with E-state index in [0.717, 1.165) is 25.9 Å². The molecule has 0 atom stereocenters. The quantitative estimate of drug-likeness (QED) is 0.772. The minimum absolute atomic E-state index is 0.155. The molecule has 100 valence electrons. The number of piperidine rings is 1. The molecule has 0 spiro atoms. The summed E-state index contributed by atoms with van der Waals surface area (Å²) in [7, 11) is 0.162. The van der Waals surface area contributed by atoms with Crippen molar-refractivity contribution in [2.45, 2.75) is 31.7 Å². The molecule has 2 aliphatic rings. The Balaban J connectivity index is 1.96. The largest absolute Gasteiger partial charge is 0.317 e. The lowest BCUT2D eigenvalue weighted by Gasteiger charge is -2.33. The first-order chi connectivity index (χ1) is 8.01. The van der Waals surface area contributed by atoms with Gasteiger partial charge in [0.2, 0.25) is 0 Å². The monoisotopic (exact) mass is 261 g/mol. The minimum Gasteiger partial charge on any atom is -0.317 e. The summed E-state index contributed by atoms with van der Waals surface area (Å²) >= 11 is 0. The van der Waals surface area contributed by atoms with Crippen LogP contribution in [0.15, 0.2) is 0 Å². The van der Waals surface area contributed by atoms with Gasteiger partial charge in [0.05, 0.1) is 0 Å². The van der Waals surface area contributed by atoms with Crippen molar-refractivity contribution in [3.05, 3.63) is 0 Å². The number of hydrogen-bond acceptors (Lipinski definition) is 3. The van der Waals surface area contributed by atoms with Crippen LogP contribution in [0.5, 0.6) is 0 Å². The standard InChI is InChI=1S/C11H23N3O2S/c1-13(9-10-3-4-10)17(15,16)14(2)11-5-7-12-8-6-11/h10-12H,3-9H2,1-2H3. The van der Waals surface area contributed by atoms with Crippen molar-refractivity contribution in [2.75, 3.05) is 33.7 Å². The highest BCUT2D eigenvalue weighted by Crippen LogP contribution is 2.30. The molecule has 1 aliphatic heterocycles. The first-order valence-electron chi connectivity index (χ1n) is 6.42. The van der Waals surface area contributed by atoms with Crippen molar-refractivity contribution in [3.63, 3.8) is 0 Å². The van der Waals surface area contributed by atoms with Gasteiger partial charge in [-0.15, -0.1) is 0 Å². The van der Waals surface area contributed by atoms with E-state index in [-0.39, 0.29) is 6.04 Å². The molecule has 0 aromatic carbocycles. The van der Waals surface area contributed by atoms with Gasteiger partial charge in [-0.25, -0.2) is 0 Å². The Hall–Kier alpha value is -0.170. The smallest absolute Gasteiger partial charge is 0.281 e. The number of rotatable bonds is 5. The van der Waals surface area contributed by atoms with Gasteiger partial charge in [-0.05, 0) is 44.7 Å². The summed E-state index contributed by atoms with van der Waals surface area (Å²) in [6, 6.07) is 0.155. The van der Waals surface area contributed by atoms with E-state index in [4.69, 9.17) is 0 Å². The molecule has 1 heterocycles. The fraction of sp³-hybridized carbons (Fsp3) is 1.00. The fourth-order valence-electron chi connectivity index (χ4n) is 2.34. The molecule has 1 N–H and O–H groups in total. The van der Waals surface area contributed by atoms with Crippen LogP contribution in [0, 0.1) is 5.92 Å². The third-order valence-corrected chi connectivity index (χ3v) is 5.76. The van der Waals surface area contributed by atoms with E-state index in [1.165, 1.54) is 17.1 Å². The van der Waals surface area contributed by atoms with E-state index in [9.17, 15) is 8.42 Å². The second-order valence-corrected chi connectivity index (χ2v) is 7.32. The Kier molecular flexibility index (Phi) is 4.07. The van der Waals surface area contributed by atoms with Crippen LogP contribution in [0.4, 0.5) is 0 Å². The van der Waals surface area contributed by atoms with E-state index in [1.54, 1.807) is 18.4 Å². The third-order valence-electron chi connectivity index (χ3n) is 3.79. The average Bonchev–Trinajstić information content (AvgIpc) is 3.13. The van der Waals surface area contributed by atoms with Crippen LogP contribution >= 0.6 is 0 Å². The Morgan fingerprint density at radius 1 is 1.12 bits per heavy atom. The molecule has 0 unspecified atom stereocenters. The highest BCUT2D eigenvalue weighted by molar-refractivity contribution is 7.86. The van der Waals surface area contributed by atoms with Crippen molar-refractivity contribution >= 4 is 10.2 Å². The van der Waals surface area contributed by atoms with Gasteiger partial charge in [0, 0.05) is 26.7 Å². The van der Waals surface area contributed by atoms with Crippen LogP contribution in [-0.2, 0) is 10.2 Å². The van der Waals surface area contributed by atoms with Crippen LogP contribution in [0.3, 0.4) is 0 Å². The predicted molar refractivity (Wildman–Crippen MR) is 67.9 cm³/mol. The van der Waals surface area contributed by atoms with Gasteiger partial charge in [0.25, 0.3) is 10.2 Å². The summed E-state index contributed by atoms with van der Waals surface area (Å²) in [5.41, 5.74) is 0. The Morgan fingerprint density at radius 2 is 1.71 bits per heavy atom. The van der Waals surface area contributed by atoms with E-state index >= 15 is 0 Å². The first kappa shape index (κ1) is 13.3. The van der Waals surface area contributed by atoms with Crippen LogP contribution in [0.2, 0.25) is 0 Å². The number of hydrogen-bond donors (Lipinski definition) is 1. The fourth-order valence-corrected chi connectivity index (χ4v) is 3.76. The zero-order chi connectivity index (χ0) is 12.5. The van der Waals surface area contributed by atoms with Gasteiger partial charge in [0.15, 0.2) is 0 Å². The van der Waals surface area contributed by atoms with E-state index in [2.05, 4.69) is 5.32 Å². The summed E-state index contributed by atoms with van der Waals surface area (Å²) in [4.78, 5) is 0. The average molecular weight is 261 g/mol. The Labute approximate surface area is 104 Å². The molecule has 17 heavy (non-hydrogen) atoms. The molecule has 2 fully saturated rings. The summed E-state index contributed by atoms with van der Waals surface area (Å²) in [5.74, 6) is 0.594. The highest BCUT2D eigenvalue weighted by Gasteiger charge is 2.33. The lowest BCUT2D eigenvalue weighted by atomic mass is 10.1. The maximum Gasteiger partial charge on any atom is 0.281 e. The van der Waals surface area contributed by atoms with Gasteiger partial charge in [-0.1, -0.05) is 0 Å². The van der Waals surface area contributed by atoms with Gasteiger partial charge in [0.1, 0.15) is 0 Å². The van der Waals surface area contributed by atoms with Crippen molar-refractivity contribution < 1.29 is 8.42 Å². The molecular weight excluding hydrogens is 238 g/mol. The molecule has 1 aliphatic carbocycles. The Bertz CT molecular complexity index is 348. The maximum absolute atomic E-state index is 12.3. The minimum atomic E-state index is -3.25. The second-order valence-electron chi connectivity index (χ2n) is 5.23. The molecule has 1 saturated carbocycles. The maximum atomic E-state index is 12.3. The van der Waals surface area contributed by atoms with E-state index in [0.29, 0.717) is 12.5 Å². The zero-order valence-corrected chi connectivity index (χ0v) is 11.5. The van der Waals surface area contributed by atoms with Gasteiger partial charge < -0.3 is 5.32 Å². The van der Waals surface area contributed by atoms with Crippen LogP contribution in [-0.4, -0.2) is 56.8 Å². The molecule has 6 heteroatoms. The molecule has 0 aromatic heterocycles. The summed E-state index contributed by atoms with van der Waals surface area (Å²) in [6.45, 7) is 2.51. The molecule has 1 saturated heterocycles. The first-order valence-corrected chi connectivity index (χ1v) is 7.81. The molecular formula is C11H23N3O2S. The SMILES string of the molecule is CN(CC1CC1)S(=O)(=O)N(C)C1CCNCC1. The van der Waals surface area contributed by atoms with Gasteiger partial charge >= 0.3 is 0 Å². The second kappa shape index (κ2) is 5.22. The predicted octanol–water partition coefficient (Wildman–Crippen LogP) is 0.257. The molecule has 5 nitrogen and oxygen atoms in total. The normalized spacial score (nSPS) is 23.5. The van der Waals surface area contributed by atoms with E-state index in [1.807, 2.05) is 0 Å². The summed E-state index contributed by atoms with van der Waals surface area (Å²) in [5, 5.41) is 3.26. The molecule has 0 radical (unpaired) electrons. The topological polar surface area (TPSA) is 52.7 Å². The van der Waals surface area contributed by atoms with Crippen LogP contribution in [0.25, 0.3) is 0 Å². The highest BCUT2D eigenvalue weighted by atomic mass is 32.2. The number of nitrogens with one attached hydrogen (secondary N) is 1. The lowest BCUT2D eigenvalue weighted by molar-refractivity contribution is 0.276. The van der Waals surface area contributed by atoms with Crippen molar-refractivity contribution in [1.29, 1.82) is 0 Å². The molecule has 0 bridgehead atoms. The van der Waals surface area contributed by atoms with E-state index < -0.39 is 10.2 Å². The zero-order valence-electron chi connectivity index (χ0n) is 10.7. The molecule has 0 aromatic rings. The van der Waals surface area contributed by atoms with Crippen LogP contribution < -0.4 is 5.32 Å². The molecule has 0 amide bonds. The Morgan fingerprint density at radius 3 is 2.24 bits per heavy atom. The summed E-state index contributed by atoms with van der Waals surface area (Å²) in [6.07, 6.45) is 4.17. The van der Waals surface area contributed by atoms with Crippen LogP contribution in [0.1, 0.15) is 25.7 Å². The van der Waals surface area contributed by atoms with Gasteiger partial charge in [-0.2, -0.15) is 17.0 Å². The van der Waals surface area contributed by atoms with Gasteiger partial charge in [-0.3, -0.25) is 0 Å². The number of nitrogens with zero attached hydrogens (tertiary/aromatic N) is 2. The third kappa shape index (κ3) is 3.19. The van der Waals surface area contributed by atoms with Crippen molar-refractivity contribution in [2.24, 2.45) is 5.92 Å². The van der Waals surface area contributed by atoms with Crippen molar-refractivity contribution in [1.82, 2.24) is 13.9 Å². The molecule has 2 rings (SSSR count). The van der Waals surface area contributed by atoms with Crippen molar-refractivity contribution in [3.8, 4) is 0 Å².